The molecule has 0 saturated carbocycles. The van der Waals surface area contributed by atoms with E-state index in [0.29, 0.717) is 23.9 Å². The predicted molar refractivity (Wildman–Crippen MR) is 106 cm³/mol. The number of para-hydroxylation sites is 1. The van der Waals surface area contributed by atoms with Crippen LogP contribution in [0.5, 0.6) is 0 Å². The maximum Gasteiger partial charge on any atom is 0.410 e. The third kappa shape index (κ3) is 4.18. The summed E-state index contributed by atoms with van der Waals surface area (Å²) >= 11 is 0. The van der Waals surface area contributed by atoms with Gasteiger partial charge in [0.1, 0.15) is 5.60 Å². The Labute approximate surface area is 163 Å². The molecular weight excluding hydrogens is 360 g/mol. The van der Waals surface area contributed by atoms with Gasteiger partial charge in [0, 0.05) is 29.1 Å². The van der Waals surface area contributed by atoms with Gasteiger partial charge in [-0.3, -0.25) is 4.79 Å². The van der Waals surface area contributed by atoms with Gasteiger partial charge in [0.2, 0.25) is 0 Å². The Morgan fingerprint density at radius 1 is 1.25 bits per heavy atom. The minimum Gasteiger partial charge on any atom is -0.478 e. The van der Waals surface area contributed by atoms with Crippen LogP contribution >= 0.6 is 0 Å². The number of ether oxygens (including phenoxy) is 1. The average Bonchev–Trinajstić information content (AvgIpc) is 2.61. The number of fused-ring (bicyclic) bond motifs is 1. The van der Waals surface area contributed by atoms with Gasteiger partial charge in [-0.1, -0.05) is 18.2 Å². The SMILES string of the molecule is CC(C)(C)OC(=O)N1CCCCC1Cc1c(C(=O)O)c2ccccc2[nH]c1=O. The predicted octanol–water partition coefficient (Wildman–Crippen LogP) is 3.56. The molecule has 1 fully saturated rings. The molecule has 1 amide bonds. The zero-order valence-corrected chi connectivity index (χ0v) is 16.4. The van der Waals surface area contributed by atoms with Crippen LogP contribution in [-0.2, 0) is 11.2 Å². The lowest BCUT2D eigenvalue weighted by Crippen LogP contribution is -2.47. The third-order valence-electron chi connectivity index (χ3n) is 4.93. The van der Waals surface area contributed by atoms with Crippen LogP contribution in [0, 0.1) is 0 Å². The van der Waals surface area contributed by atoms with Gasteiger partial charge in [0.25, 0.3) is 5.56 Å². The summed E-state index contributed by atoms with van der Waals surface area (Å²) in [4.78, 5) is 41.7. The summed E-state index contributed by atoms with van der Waals surface area (Å²) in [5.41, 5.74) is -0.348. The molecule has 0 spiro atoms. The zero-order valence-electron chi connectivity index (χ0n) is 16.4. The number of benzene rings is 1. The fourth-order valence-electron chi connectivity index (χ4n) is 3.73. The maximum atomic E-state index is 12.7. The quantitative estimate of drug-likeness (QED) is 0.840. The van der Waals surface area contributed by atoms with Crippen molar-refractivity contribution in [3.63, 3.8) is 0 Å². The number of aromatic carboxylic acids is 1. The van der Waals surface area contributed by atoms with Crippen molar-refractivity contribution in [2.45, 2.75) is 58.1 Å². The van der Waals surface area contributed by atoms with Crippen molar-refractivity contribution in [3.05, 3.63) is 45.7 Å². The normalized spacial score (nSPS) is 17.5. The van der Waals surface area contributed by atoms with E-state index in [1.807, 2.05) is 0 Å². The molecular formula is C21H26N2O5. The molecule has 1 aliphatic heterocycles. The molecule has 1 aliphatic rings. The van der Waals surface area contributed by atoms with Crippen LogP contribution in [0.4, 0.5) is 4.79 Å². The van der Waals surface area contributed by atoms with Gasteiger partial charge in [0.15, 0.2) is 0 Å². The molecule has 1 atom stereocenters. The first kappa shape index (κ1) is 19.9. The van der Waals surface area contributed by atoms with Crippen molar-refractivity contribution in [1.29, 1.82) is 0 Å². The molecule has 3 rings (SSSR count). The van der Waals surface area contributed by atoms with Gasteiger partial charge in [-0.05, 0) is 52.5 Å². The highest BCUT2D eigenvalue weighted by atomic mass is 16.6. The smallest absolute Gasteiger partial charge is 0.410 e. The molecule has 1 saturated heterocycles. The molecule has 1 aromatic carbocycles. The Kier molecular flexibility index (Phi) is 5.45. The van der Waals surface area contributed by atoms with Gasteiger partial charge in [-0.2, -0.15) is 0 Å². The van der Waals surface area contributed by atoms with Crippen LogP contribution < -0.4 is 5.56 Å². The number of piperidine rings is 1. The van der Waals surface area contributed by atoms with Crippen molar-refractivity contribution in [1.82, 2.24) is 9.88 Å². The number of pyridine rings is 1. The standard InChI is InChI=1S/C21H26N2O5/c1-21(2,3)28-20(27)23-11-7-6-8-13(23)12-15-17(19(25)26)14-9-4-5-10-16(14)22-18(15)24/h4-5,9-10,13H,6-8,11-12H2,1-3H3,(H,22,24)(H,25,26). The monoisotopic (exact) mass is 386 g/mol. The van der Waals surface area contributed by atoms with Gasteiger partial charge < -0.3 is 19.7 Å². The Balaban J connectivity index is 1.99. The van der Waals surface area contributed by atoms with E-state index < -0.39 is 23.2 Å². The van der Waals surface area contributed by atoms with Crippen molar-refractivity contribution >= 4 is 23.0 Å². The van der Waals surface area contributed by atoms with Gasteiger partial charge >= 0.3 is 12.1 Å². The zero-order chi connectivity index (χ0) is 20.5. The van der Waals surface area contributed by atoms with Crippen LogP contribution in [0.3, 0.4) is 0 Å². The van der Waals surface area contributed by atoms with E-state index in [2.05, 4.69) is 4.98 Å². The minimum atomic E-state index is -1.14. The Morgan fingerprint density at radius 3 is 2.64 bits per heavy atom. The summed E-state index contributed by atoms with van der Waals surface area (Å²) in [6.07, 6.45) is 2.23. The number of carbonyl (C=O) groups excluding carboxylic acids is 1. The number of amides is 1. The minimum absolute atomic E-state index is 0.00839. The van der Waals surface area contributed by atoms with Crippen molar-refractivity contribution in [2.24, 2.45) is 0 Å². The van der Waals surface area contributed by atoms with Crippen LogP contribution in [0.2, 0.25) is 0 Å². The first-order valence-corrected chi connectivity index (χ1v) is 9.54. The highest BCUT2D eigenvalue weighted by Crippen LogP contribution is 2.25. The van der Waals surface area contributed by atoms with E-state index in [4.69, 9.17) is 4.74 Å². The number of hydrogen-bond acceptors (Lipinski definition) is 4. The van der Waals surface area contributed by atoms with Crippen LogP contribution in [-0.4, -0.2) is 45.2 Å². The molecule has 0 radical (unpaired) electrons. The number of aromatic amines is 1. The van der Waals surface area contributed by atoms with E-state index in [-0.39, 0.29) is 23.6 Å². The highest BCUT2D eigenvalue weighted by molar-refractivity contribution is 6.03. The van der Waals surface area contributed by atoms with Gasteiger partial charge in [-0.15, -0.1) is 0 Å². The van der Waals surface area contributed by atoms with Crippen molar-refractivity contribution in [2.75, 3.05) is 6.54 Å². The fraction of sp³-hybridized carbons (Fsp3) is 0.476. The number of carboxylic acid groups (broad SMARTS) is 1. The summed E-state index contributed by atoms with van der Waals surface area (Å²) in [6.45, 7) is 5.95. The first-order valence-electron chi connectivity index (χ1n) is 9.54. The average molecular weight is 386 g/mol. The fourth-order valence-corrected chi connectivity index (χ4v) is 3.73. The number of nitrogens with one attached hydrogen (secondary N) is 1. The van der Waals surface area contributed by atoms with Crippen LogP contribution in [0.1, 0.15) is 56.0 Å². The number of aromatic nitrogens is 1. The Morgan fingerprint density at radius 2 is 1.96 bits per heavy atom. The molecule has 7 heteroatoms. The maximum absolute atomic E-state index is 12.7. The molecule has 0 bridgehead atoms. The third-order valence-corrected chi connectivity index (χ3v) is 4.93. The molecule has 2 N–H and O–H groups in total. The van der Waals surface area contributed by atoms with Crippen molar-refractivity contribution < 1.29 is 19.4 Å². The van der Waals surface area contributed by atoms with Crippen molar-refractivity contribution in [3.8, 4) is 0 Å². The molecule has 150 valence electrons. The molecule has 1 aromatic heterocycles. The summed E-state index contributed by atoms with van der Waals surface area (Å²) in [7, 11) is 0. The number of H-pyrrole nitrogens is 1. The summed E-state index contributed by atoms with van der Waals surface area (Å²) in [6, 6.07) is 6.58. The number of carbonyl (C=O) groups is 2. The lowest BCUT2D eigenvalue weighted by Gasteiger charge is -2.37. The second kappa shape index (κ2) is 7.66. The number of nitrogens with zero attached hydrogens (tertiary/aromatic N) is 1. The molecule has 7 nitrogen and oxygen atoms in total. The first-order chi connectivity index (χ1) is 13.2. The van der Waals surface area contributed by atoms with E-state index in [1.54, 1.807) is 49.9 Å². The second-order valence-corrected chi connectivity index (χ2v) is 8.19. The molecule has 0 aliphatic carbocycles. The summed E-state index contributed by atoms with van der Waals surface area (Å²) in [5, 5.41) is 10.3. The van der Waals surface area contributed by atoms with E-state index in [9.17, 15) is 19.5 Å². The van der Waals surface area contributed by atoms with Gasteiger partial charge in [0.05, 0.1) is 5.56 Å². The van der Waals surface area contributed by atoms with Gasteiger partial charge in [-0.25, -0.2) is 9.59 Å². The summed E-state index contributed by atoms with van der Waals surface area (Å²) in [5.74, 6) is -1.14. The Bertz CT molecular complexity index is 957. The van der Waals surface area contributed by atoms with E-state index >= 15 is 0 Å². The van der Waals surface area contributed by atoms with Crippen LogP contribution in [0.15, 0.2) is 29.1 Å². The number of rotatable bonds is 3. The lowest BCUT2D eigenvalue weighted by molar-refractivity contribution is 0.00991. The van der Waals surface area contributed by atoms with Crippen LogP contribution in [0.25, 0.3) is 10.9 Å². The number of carboxylic acids is 1. The largest absolute Gasteiger partial charge is 0.478 e. The summed E-state index contributed by atoms with van der Waals surface area (Å²) < 4.78 is 5.51. The highest BCUT2D eigenvalue weighted by Gasteiger charge is 2.32. The van der Waals surface area contributed by atoms with E-state index in [0.717, 1.165) is 12.8 Å². The molecule has 2 aromatic rings. The van der Waals surface area contributed by atoms with E-state index in [1.165, 1.54) is 0 Å². The topological polar surface area (TPSA) is 99.7 Å². The molecule has 2 heterocycles. The lowest BCUT2D eigenvalue weighted by atomic mass is 9.92. The molecule has 28 heavy (non-hydrogen) atoms. The number of likely N-dealkylation sites (tertiary alicyclic amines) is 1. The molecule has 1 unspecified atom stereocenters. The Hall–Kier alpha value is -2.83. The number of hydrogen-bond donors (Lipinski definition) is 2. The second-order valence-electron chi connectivity index (χ2n) is 8.19.